The third-order valence-corrected chi connectivity index (χ3v) is 5.39. The summed E-state index contributed by atoms with van der Waals surface area (Å²) < 4.78 is 5.45. The van der Waals surface area contributed by atoms with Crippen molar-refractivity contribution in [2.24, 2.45) is 0 Å². The van der Waals surface area contributed by atoms with Crippen molar-refractivity contribution in [3.8, 4) is 17.2 Å². The molecule has 2 atom stereocenters. The second kappa shape index (κ2) is 10.4. The third-order valence-electron chi connectivity index (χ3n) is 5.39. The number of aliphatic carboxylic acids is 1. The van der Waals surface area contributed by atoms with Crippen LogP contribution < -0.4 is 10.6 Å². The zero-order valence-corrected chi connectivity index (χ0v) is 17.7. The van der Waals surface area contributed by atoms with Crippen LogP contribution in [-0.4, -0.2) is 41.8 Å². The van der Waals surface area contributed by atoms with Crippen molar-refractivity contribution in [2.75, 3.05) is 6.61 Å². The van der Waals surface area contributed by atoms with Crippen molar-refractivity contribution in [3.63, 3.8) is 0 Å². The van der Waals surface area contributed by atoms with Gasteiger partial charge in [-0.25, -0.2) is 4.79 Å². The molecule has 1 aliphatic rings. The van der Waals surface area contributed by atoms with Gasteiger partial charge in [-0.2, -0.15) is 5.26 Å². The number of hydrogen-bond donors (Lipinski definition) is 3. The van der Waals surface area contributed by atoms with Crippen LogP contribution in [0.4, 0.5) is 4.79 Å². The number of hydrogen-bond acceptors (Lipinski definition) is 5. The lowest BCUT2D eigenvalue weighted by Gasteiger charge is -2.21. The number of nitrogens with one attached hydrogen (secondary N) is 2. The molecule has 0 aliphatic heterocycles. The summed E-state index contributed by atoms with van der Waals surface area (Å²) in [5, 5.41) is 22.8. The summed E-state index contributed by atoms with van der Waals surface area (Å²) in [5.74, 6) is -1.76. The maximum atomic E-state index is 12.5. The Morgan fingerprint density at radius 1 is 1.06 bits per heavy atom. The van der Waals surface area contributed by atoms with Gasteiger partial charge in [0.15, 0.2) is 0 Å². The van der Waals surface area contributed by atoms with Crippen molar-refractivity contribution in [1.29, 1.82) is 5.26 Å². The molecule has 0 radical (unpaired) electrons. The maximum absolute atomic E-state index is 12.5. The van der Waals surface area contributed by atoms with Crippen LogP contribution in [0, 0.1) is 11.3 Å². The van der Waals surface area contributed by atoms with Gasteiger partial charge in [-0.3, -0.25) is 9.59 Å². The van der Waals surface area contributed by atoms with Gasteiger partial charge in [0, 0.05) is 18.4 Å². The van der Waals surface area contributed by atoms with Crippen LogP contribution in [0.15, 0.2) is 48.5 Å². The molecule has 0 saturated carbocycles. The van der Waals surface area contributed by atoms with Crippen LogP contribution >= 0.6 is 0 Å². The molecule has 0 aromatic heterocycles. The summed E-state index contributed by atoms with van der Waals surface area (Å²) in [7, 11) is 0. The highest BCUT2D eigenvalue weighted by Crippen LogP contribution is 2.44. The molecule has 2 amide bonds. The van der Waals surface area contributed by atoms with Gasteiger partial charge in [0.1, 0.15) is 12.6 Å². The highest BCUT2D eigenvalue weighted by atomic mass is 16.5. The Morgan fingerprint density at radius 3 is 2.22 bits per heavy atom. The van der Waals surface area contributed by atoms with E-state index in [1.165, 1.54) is 0 Å². The van der Waals surface area contributed by atoms with Gasteiger partial charge in [0.25, 0.3) is 0 Å². The van der Waals surface area contributed by atoms with E-state index < -0.39 is 30.1 Å². The molecule has 0 bridgehead atoms. The third kappa shape index (κ3) is 5.43. The fraction of sp³-hybridized carbons (Fsp3) is 0.333. The second-order valence-electron chi connectivity index (χ2n) is 7.73. The maximum Gasteiger partial charge on any atom is 0.407 e. The van der Waals surface area contributed by atoms with Crippen molar-refractivity contribution >= 4 is 18.0 Å². The first-order chi connectivity index (χ1) is 15.4. The van der Waals surface area contributed by atoms with Gasteiger partial charge in [-0.05, 0) is 35.6 Å². The molecule has 0 saturated heterocycles. The number of carbonyl (C=O) groups excluding carboxylic acids is 2. The summed E-state index contributed by atoms with van der Waals surface area (Å²) in [5.41, 5.74) is 4.32. The number of fused-ring (bicyclic) bond motifs is 3. The smallest absolute Gasteiger partial charge is 0.407 e. The van der Waals surface area contributed by atoms with Crippen LogP contribution in [0.3, 0.4) is 0 Å². The molecule has 32 heavy (non-hydrogen) atoms. The van der Waals surface area contributed by atoms with Crippen LogP contribution in [0.2, 0.25) is 0 Å². The number of alkyl carbamates (subject to hydrolysis) is 1. The van der Waals surface area contributed by atoms with Gasteiger partial charge >= 0.3 is 12.1 Å². The molecule has 166 valence electrons. The van der Waals surface area contributed by atoms with Crippen LogP contribution in [0.5, 0.6) is 0 Å². The van der Waals surface area contributed by atoms with Crippen molar-refractivity contribution in [3.05, 3.63) is 59.7 Å². The molecule has 2 aromatic rings. The molecule has 2 unspecified atom stereocenters. The van der Waals surface area contributed by atoms with Gasteiger partial charge in [0.05, 0.1) is 12.5 Å². The second-order valence-corrected chi connectivity index (χ2v) is 7.73. The van der Waals surface area contributed by atoms with E-state index in [1.807, 2.05) is 54.6 Å². The van der Waals surface area contributed by atoms with Crippen LogP contribution in [0.25, 0.3) is 11.1 Å². The SMILES string of the molecule is CC(CC#N)NC(=O)C(CCC(=O)O)NC(=O)OCC1c2ccccc2-c2ccccc21. The Morgan fingerprint density at radius 2 is 1.66 bits per heavy atom. The first-order valence-electron chi connectivity index (χ1n) is 10.4. The van der Waals surface area contributed by atoms with Crippen molar-refractivity contribution in [1.82, 2.24) is 10.6 Å². The molecule has 3 N–H and O–H groups in total. The zero-order chi connectivity index (χ0) is 23.1. The number of carbonyl (C=O) groups is 3. The number of nitrogens with zero attached hydrogens (tertiary/aromatic N) is 1. The number of carboxylic acid groups (broad SMARTS) is 1. The lowest BCUT2D eigenvalue weighted by atomic mass is 9.98. The average molecular weight is 435 g/mol. The minimum atomic E-state index is -1.08. The van der Waals surface area contributed by atoms with Crippen LogP contribution in [-0.2, 0) is 14.3 Å². The zero-order valence-electron chi connectivity index (χ0n) is 17.7. The average Bonchev–Trinajstić information content (AvgIpc) is 3.09. The van der Waals surface area contributed by atoms with Gasteiger partial charge in [0.2, 0.25) is 5.91 Å². The van der Waals surface area contributed by atoms with E-state index in [1.54, 1.807) is 6.92 Å². The number of carboxylic acids is 1. The fourth-order valence-electron chi connectivity index (χ4n) is 3.85. The van der Waals surface area contributed by atoms with Gasteiger partial charge < -0.3 is 20.5 Å². The topological polar surface area (TPSA) is 129 Å². The predicted molar refractivity (Wildman–Crippen MR) is 117 cm³/mol. The molecular formula is C24H25N3O5. The predicted octanol–water partition coefficient (Wildman–Crippen LogP) is 3.18. The quantitative estimate of drug-likeness (QED) is 0.555. The molecule has 0 fully saturated rings. The summed E-state index contributed by atoms with van der Waals surface area (Å²) in [6.45, 7) is 1.74. The molecule has 8 nitrogen and oxygen atoms in total. The molecule has 2 aromatic carbocycles. The standard InChI is InChI=1S/C24H25N3O5/c1-15(12-13-25)26-23(30)21(10-11-22(28)29)27-24(31)32-14-20-18-8-4-2-6-16(18)17-7-3-5-9-19(17)20/h2-9,15,20-21H,10-12,14H2,1H3,(H,26,30)(H,27,31)(H,28,29). The largest absolute Gasteiger partial charge is 0.481 e. The summed E-state index contributed by atoms with van der Waals surface area (Å²) in [4.78, 5) is 35.9. The van der Waals surface area contributed by atoms with E-state index in [0.29, 0.717) is 0 Å². The Bertz CT molecular complexity index is 1000. The minimum absolute atomic E-state index is 0.0813. The number of benzene rings is 2. The van der Waals surface area contributed by atoms with Crippen molar-refractivity contribution < 1.29 is 24.2 Å². The lowest BCUT2D eigenvalue weighted by molar-refractivity contribution is -0.137. The highest BCUT2D eigenvalue weighted by molar-refractivity contribution is 5.86. The first kappa shape index (κ1) is 22.8. The first-order valence-corrected chi connectivity index (χ1v) is 10.4. The summed E-state index contributed by atoms with van der Waals surface area (Å²) in [6.07, 6.45) is -1.09. The van der Waals surface area contributed by atoms with E-state index in [9.17, 15) is 14.4 Å². The van der Waals surface area contributed by atoms with Crippen molar-refractivity contribution in [2.45, 2.75) is 44.2 Å². The Labute approximate surface area is 186 Å². The Hall–Kier alpha value is -3.86. The number of ether oxygens (including phenoxy) is 1. The molecule has 1 aliphatic carbocycles. The highest BCUT2D eigenvalue weighted by Gasteiger charge is 2.30. The molecular weight excluding hydrogens is 410 g/mol. The van der Waals surface area contributed by atoms with E-state index in [4.69, 9.17) is 15.1 Å². The van der Waals surface area contributed by atoms with E-state index in [-0.39, 0.29) is 31.8 Å². The van der Waals surface area contributed by atoms with Gasteiger partial charge in [-0.15, -0.1) is 0 Å². The summed E-state index contributed by atoms with van der Waals surface area (Å²) >= 11 is 0. The number of rotatable bonds is 9. The number of nitriles is 1. The van der Waals surface area contributed by atoms with E-state index >= 15 is 0 Å². The van der Waals surface area contributed by atoms with Gasteiger partial charge in [-0.1, -0.05) is 48.5 Å². The monoisotopic (exact) mass is 435 g/mol. The lowest BCUT2D eigenvalue weighted by Crippen LogP contribution is -2.49. The summed E-state index contributed by atoms with van der Waals surface area (Å²) in [6, 6.07) is 16.3. The van der Waals surface area contributed by atoms with E-state index in [2.05, 4.69) is 10.6 Å². The molecule has 0 heterocycles. The molecule has 0 spiro atoms. The number of amides is 2. The van der Waals surface area contributed by atoms with Crippen LogP contribution in [0.1, 0.15) is 43.2 Å². The fourth-order valence-corrected chi connectivity index (χ4v) is 3.85. The minimum Gasteiger partial charge on any atom is -0.481 e. The Kier molecular flexibility index (Phi) is 7.45. The normalized spacial score (nSPS) is 13.8. The Balaban J connectivity index is 1.65. The molecule has 8 heteroatoms. The molecule has 3 rings (SSSR count). The van der Waals surface area contributed by atoms with E-state index in [0.717, 1.165) is 22.3 Å².